The lowest BCUT2D eigenvalue weighted by atomic mass is 10.2. The van der Waals surface area contributed by atoms with Crippen LogP contribution in [0, 0.1) is 0 Å². The Bertz CT molecular complexity index is 1180. The normalized spacial score (nSPS) is 12.3. The van der Waals surface area contributed by atoms with Gasteiger partial charge in [-0.2, -0.15) is 4.31 Å². The SMILES string of the molecule is CCN(CC)CCN(Cc1cccs1)S(=O)(=O)c1ccc2[nH]c(=O)[nH]c(=O)c2c1. The molecular weight excluding hydrogens is 412 g/mol. The highest BCUT2D eigenvalue weighted by molar-refractivity contribution is 7.89. The van der Waals surface area contributed by atoms with Gasteiger partial charge in [0.05, 0.1) is 15.8 Å². The molecule has 0 radical (unpaired) electrons. The van der Waals surface area contributed by atoms with Crippen molar-refractivity contribution in [3.8, 4) is 0 Å². The van der Waals surface area contributed by atoms with Gasteiger partial charge in [0.1, 0.15) is 0 Å². The average Bonchev–Trinajstić information content (AvgIpc) is 3.20. The molecule has 0 aliphatic rings. The Morgan fingerprint density at radius 1 is 1.03 bits per heavy atom. The molecule has 2 N–H and O–H groups in total. The van der Waals surface area contributed by atoms with Crippen LogP contribution in [0.15, 0.2) is 50.2 Å². The van der Waals surface area contributed by atoms with Gasteiger partial charge < -0.3 is 9.88 Å². The molecule has 3 rings (SSSR count). The third kappa shape index (κ3) is 4.84. The summed E-state index contributed by atoms with van der Waals surface area (Å²) >= 11 is 1.50. The van der Waals surface area contributed by atoms with Gasteiger partial charge in [-0.05, 0) is 42.7 Å². The van der Waals surface area contributed by atoms with E-state index in [1.54, 1.807) is 0 Å². The fourth-order valence-corrected chi connectivity index (χ4v) is 5.34. The summed E-state index contributed by atoms with van der Waals surface area (Å²) < 4.78 is 28.2. The highest BCUT2D eigenvalue weighted by Crippen LogP contribution is 2.22. The first-order chi connectivity index (χ1) is 13.8. The molecule has 0 saturated heterocycles. The van der Waals surface area contributed by atoms with Crippen molar-refractivity contribution in [1.82, 2.24) is 19.2 Å². The standard InChI is InChI=1S/C19H24N4O4S2/c1-3-22(4-2)9-10-23(13-14-6-5-11-28-14)29(26,27)15-7-8-17-16(12-15)18(24)21-19(25)20-17/h5-8,11-12H,3-4,9-10,13H2,1-2H3,(H2,20,21,24,25). The van der Waals surface area contributed by atoms with Crippen LogP contribution in [0.3, 0.4) is 0 Å². The Morgan fingerprint density at radius 2 is 1.79 bits per heavy atom. The van der Waals surface area contributed by atoms with Crippen molar-refractivity contribution >= 4 is 32.3 Å². The first-order valence-electron chi connectivity index (χ1n) is 9.36. The number of benzene rings is 1. The fraction of sp³-hybridized carbons (Fsp3) is 0.368. The molecule has 1 aromatic carbocycles. The zero-order valence-corrected chi connectivity index (χ0v) is 18.0. The number of fused-ring (bicyclic) bond motifs is 1. The molecule has 0 atom stereocenters. The van der Waals surface area contributed by atoms with Gasteiger partial charge in [-0.1, -0.05) is 19.9 Å². The average molecular weight is 437 g/mol. The van der Waals surface area contributed by atoms with Crippen molar-refractivity contribution in [2.75, 3.05) is 26.2 Å². The van der Waals surface area contributed by atoms with Crippen molar-refractivity contribution in [3.05, 3.63) is 61.4 Å². The number of aromatic amines is 2. The molecule has 0 saturated carbocycles. The van der Waals surface area contributed by atoms with Crippen LogP contribution in [0.2, 0.25) is 0 Å². The third-order valence-electron chi connectivity index (χ3n) is 4.82. The number of nitrogens with one attached hydrogen (secondary N) is 2. The molecule has 3 aromatic rings. The van der Waals surface area contributed by atoms with Gasteiger partial charge in [0.25, 0.3) is 5.56 Å². The molecule has 0 aliphatic carbocycles. The van der Waals surface area contributed by atoms with Gasteiger partial charge >= 0.3 is 5.69 Å². The van der Waals surface area contributed by atoms with Crippen LogP contribution in [0.5, 0.6) is 0 Å². The second-order valence-corrected chi connectivity index (χ2v) is 9.53. The van der Waals surface area contributed by atoms with Crippen molar-refractivity contribution in [2.45, 2.75) is 25.3 Å². The number of sulfonamides is 1. The molecule has 8 nitrogen and oxygen atoms in total. The second-order valence-electron chi connectivity index (χ2n) is 6.56. The van der Waals surface area contributed by atoms with E-state index >= 15 is 0 Å². The Morgan fingerprint density at radius 3 is 2.45 bits per heavy atom. The molecule has 156 valence electrons. The van der Waals surface area contributed by atoms with Crippen LogP contribution in [0.1, 0.15) is 18.7 Å². The predicted molar refractivity (Wildman–Crippen MR) is 115 cm³/mol. The maximum absolute atomic E-state index is 13.4. The lowest BCUT2D eigenvalue weighted by molar-refractivity contribution is 0.269. The van der Waals surface area contributed by atoms with Gasteiger partial charge in [-0.25, -0.2) is 13.2 Å². The summed E-state index contributed by atoms with van der Waals surface area (Å²) in [7, 11) is -3.84. The van der Waals surface area contributed by atoms with E-state index in [0.717, 1.165) is 18.0 Å². The summed E-state index contributed by atoms with van der Waals surface area (Å²) in [5, 5.41) is 2.04. The smallest absolute Gasteiger partial charge is 0.307 e. The topological polar surface area (TPSA) is 106 Å². The highest BCUT2D eigenvalue weighted by Gasteiger charge is 2.26. The van der Waals surface area contributed by atoms with Gasteiger partial charge in [-0.15, -0.1) is 11.3 Å². The first kappa shape index (κ1) is 21.4. The van der Waals surface area contributed by atoms with Crippen LogP contribution in [0.25, 0.3) is 10.9 Å². The van der Waals surface area contributed by atoms with E-state index in [2.05, 4.69) is 14.9 Å². The maximum atomic E-state index is 13.4. The Kier molecular flexibility index (Phi) is 6.68. The Labute approximate surface area is 172 Å². The van der Waals surface area contributed by atoms with Crippen molar-refractivity contribution in [3.63, 3.8) is 0 Å². The minimum Gasteiger partial charge on any atom is -0.307 e. The summed E-state index contributed by atoms with van der Waals surface area (Å²) in [6.45, 7) is 6.96. The highest BCUT2D eigenvalue weighted by atomic mass is 32.2. The van der Waals surface area contributed by atoms with Gasteiger partial charge in [0.2, 0.25) is 10.0 Å². The van der Waals surface area contributed by atoms with Crippen molar-refractivity contribution in [1.29, 1.82) is 0 Å². The van der Waals surface area contributed by atoms with E-state index < -0.39 is 21.3 Å². The number of hydrogen-bond acceptors (Lipinski definition) is 6. The minimum atomic E-state index is -3.84. The maximum Gasteiger partial charge on any atom is 0.326 e. The van der Waals surface area contributed by atoms with Gasteiger partial charge in [0.15, 0.2) is 0 Å². The molecule has 0 aliphatic heterocycles. The number of aromatic nitrogens is 2. The zero-order chi connectivity index (χ0) is 21.0. The van der Waals surface area contributed by atoms with Gasteiger partial charge in [0, 0.05) is 24.5 Å². The molecule has 0 amide bonds. The number of nitrogens with zero attached hydrogens (tertiary/aromatic N) is 2. The quantitative estimate of drug-likeness (QED) is 0.532. The minimum absolute atomic E-state index is 0.0265. The summed E-state index contributed by atoms with van der Waals surface area (Å²) in [5.41, 5.74) is -0.948. The zero-order valence-electron chi connectivity index (χ0n) is 16.3. The van der Waals surface area contributed by atoms with Gasteiger partial charge in [-0.3, -0.25) is 9.78 Å². The summed E-state index contributed by atoms with van der Waals surface area (Å²) in [6.07, 6.45) is 0. The molecule has 0 bridgehead atoms. The van der Waals surface area contributed by atoms with E-state index in [0.29, 0.717) is 18.6 Å². The van der Waals surface area contributed by atoms with E-state index in [-0.39, 0.29) is 16.8 Å². The van der Waals surface area contributed by atoms with E-state index in [9.17, 15) is 18.0 Å². The molecule has 10 heteroatoms. The van der Waals surface area contributed by atoms with Crippen LogP contribution in [0.4, 0.5) is 0 Å². The number of thiophene rings is 1. The van der Waals surface area contributed by atoms with E-state index in [4.69, 9.17) is 0 Å². The molecule has 0 fully saturated rings. The molecule has 2 aromatic heterocycles. The summed E-state index contributed by atoms with van der Waals surface area (Å²) in [6, 6.07) is 7.98. The van der Waals surface area contributed by atoms with Crippen LogP contribution in [-0.4, -0.2) is 53.8 Å². The monoisotopic (exact) mass is 436 g/mol. The largest absolute Gasteiger partial charge is 0.326 e. The van der Waals surface area contributed by atoms with E-state index in [1.807, 2.05) is 31.4 Å². The lowest BCUT2D eigenvalue weighted by Crippen LogP contribution is -2.38. The first-order valence-corrected chi connectivity index (χ1v) is 11.7. The predicted octanol–water partition coefficient (Wildman–Crippen LogP) is 1.81. The second kappa shape index (κ2) is 9.04. The molecule has 2 heterocycles. The Balaban J connectivity index is 1.99. The number of rotatable bonds is 9. The van der Waals surface area contributed by atoms with Crippen LogP contribution < -0.4 is 11.2 Å². The number of likely N-dealkylation sites (N-methyl/N-ethyl adjacent to an activating group) is 1. The summed E-state index contributed by atoms with van der Waals surface area (Å²) in [5.74, 6) is 0. The van der Waals surface area contributed by atoms with Crippen LogP contribution in [-0.2, 0) is 16.6 Å². The third-order valence-corrected chi connectivity index (χ3v) is 7.52. The van der Waals surface area contributed by atoms with E-state index in [1.165, 1.54) is 33.8 Å². The number of H-pyrrole nitrogens is 2. The lowest BCUT2D eigenvalue weighted by Gasteiger charge is -2.25. The summed E-state index contributed by atoms with van der Waals surface area (Å²) in [4.78, 5) is 31.3. The molecular formula is C19H24N4O4S2. The van der Waals surface area contributed by atoms with Crippen molar-refractivity contribution < 1.29 is 8.42 Å². The van der Waals surface area contributed by atoms with Crippen molar-refractivity contribution in [2.24, 2.45) is 0 Å². The molecule has 29 heavy (non-hydrogen) atoms. The van der Waals surface area contributed by atoms with Crippen LogP contribution >= 0.6 is 11.3 Å². The molecule has 0 unspecified atom stereocenters. The Hall–Kier alpha value is -2.27. The number of hydrogen-bond donors (Lipinski definition) is 2. The fourth-order valence-electron chi connectivity index (χ4n) is 3.11. The molecule has 0 spiro atoms.